The SMILES string of the molecule is O=C(c1cnccn1)N1CCC(n2cnc3cc(F)ccc32)CC1. The Balaban J connectivity index is 1.48. The van der Waals surface area contributed by atoms with Crippen molar-refractivity contribution in [2.45, 2.75) is 18.9 Å². The van der Waals surface area contributed by atoms with Crippen molar-refractivity contribution in [2.24, 2.45) is 0 Å². The lowest BCUT2D eigenvalue weighted by Crippen LogP contribution is -2.39. The fourth-order valence-corrected chi connectivity index (χ4v) is 3.21. The molecule has 0 radical (unpaired) electrons. The highest BCUT2D eigenvalue weighted by Gasteiger charge is 2.26. The maximum absolute atomic E-state index is 13.3. The molecule has 0 bridgehead atoms. The van der Waals surface area contributed by atoms with Crippen molar-refractivity contribution in [3.05, 3.63) is 54.6 Å². The molecule has 0 N–H and O–H groups in total. The van der Waals surface area contributed by atoms with Crippen molar-refractivity contribution in [3.8, 4) is 0 Å². The lowest BCUT2D eigenvalue weighted by molar-refractivity contribution is 0.0689. The number of rotatable bonds is 2. The second-order valence-corrected chi connectivity index (χ2v) is 5.90. The fraction of sp³-hybridized carbons (Fsp3) is 0.294. The van der Waals surface area contributed by atoms with Gasteiger partial charge in [-0.25, -0.2) is 14.4 Å². The Kier molecular flexibility index (Phi) is 3.68. The molecule has 7 heteroatoms. The zero-order valence-corrected chi connectivity index (χ0v) is 13.0. The largest absolute Gasteiger partial charge is 0.337 e. The molecule has 0 spiro atoms. The molecule has 24 heavy (non-hydrogen) atoms. The number of benzene rings is 1. The standard InChI is InChI=1S/C17H16FN5O/c18-12-1-2-16-14(9-12)21-11-23(16)13-3-7-22(8-4-13)17(24)15-10-19-5-6-20-15/h1-2,5-6,9-11,13H,3-4,7-8H2. The lowest BCUT2D eigenvalue weighted by atomic mass is 10.0. The van der Waals surface area contributed by atoms with Gasteiger partial charge in [0.1, 0.15) is 11.5 Å². The first-order valence-corrected chi connectivity index (χ1v) is 7.90. The lowest BCUT2D eigenvalue weighted by Gasteiger charge is -2.32. The number of likely N-dealkylation sites (tertiary alicyclic amines) is 1. The van der Waals surface area contributed by atoms with Gasteiger partial charge in [-0.3, -0.25) is 9.78 Å². The predicted octanol–water partition coefficient (Wildman–Crippen LogP) is 2.44. The van der Waals surface area contributed by atoms with Gasteiger partial charge in [-0.15, -0.1) is 0 Å². The third kappa shape index (κ3) is 2.62. The number of imidazole rings is 1. The van der Waals surface area contributed by atoms with Crippen LogP contribution in [0, 0.1) is 5.82 Å². The highest BCUT2D eigenvalue weighted by Crippen LogP contribution is 2.27. The van der Waals surface area contributed by atoms with Crippen LogP contribution in [0.15, 0.2) is 43.1 Å². The number of carbonyl (C=O) groups is 1. The van der Waals surface area contributed by atoms with Crippen molar-refractivity contribution in [1.82, 2.24) is 24.4 Å². The van der Waals surface area contributed by atoms with Gasteiger partial charge in [0, 0.05) is 37.6 Å². The van der Waals surface area contributed by atoms with Crippen LogP contribution in [-0.2, 0) is 0 Å². The molecule has 0 saturated carbocycles. The minimum absolute atomic E-state index is 0.0842. The maximum Gasteiger partial charge on any atom is 0.274 e. The highest BCUT2D eigenvalue weighted by molar-refractivity contribution is 5.92. The first kappa shape index (κ1) is 14.7. The van der Waals surface area contributed by atoms with E-state index in [9.17, 15) is 9.18 Å². The van der Waals surface area contributed by atoms with Gasteiger partial charge in [0.05, 0.1) is 23.6 Å². The van der Waals surface area contributed by atoms with E-state index in [1.807, 2.05) is 0 Å². The van der Waals surface area contributed by atoms with Crippen molar-refractivity contribution >= 4 is 16.9 Å². The summed E-state index contributed by atoms with van der Waals surface area (Å²) in [5.74, 6) is -0.365. The monoisotopic (exact) mass is 325 g/mol. The van der Waals surface area contributed by atoms with Gasteiger partial charge >= 0.3 is 0 Å². The average molecular weight is 325 g/mol. The van der Waals surface area contributed by atoms with E-state index >= 15 is 0 Å². The van der Waals surface area contributed by atoms with Crippen LogP contribution in [0.25, 0.3) is 11.0 Å². The Morgan fingerprint density at radius 1 is 1.17 bits per heavy atom. The minimum atomic E-state index is -0.280. The summed E-state index contributed by atoms with van der Waals surface area (Å²) in [6, 6.07) is 4.91. The van der Waals surface area contributed by atoms with Crippen molar-refractivity contribution in [1.29, 1.82) is 0 Å². The second-order valence-electron chi connectivity index (χ2n) is 5.90. The zero-order valence-electron chi connectivity index (χ0n) is 13.0. The molecule has 6 nitrogen and oxygen atoms in total. The van der Waals surface area contributed by atoms with E-state index in [0.29, 0.717) is 24.3 Å². The van der Waals surface area contributed by atoms with Crippen LogP contribution in [0.1, 0.15) is 29.4 Å². The smallest absolute Gasteiger partial charge is 0.274 e. The molecule has 1 amide bonds. The summed E-state index contributed by atoms with van der Waals surface area (Å²) in [7, 11) is 0. The predicted molar refractivity (Wildman–Crippen MR) is 85.9 cm³/mol. The summed E-state index contributed by atoms with van der Waals surface area (Å²) in [6.45, 7) is 1.31. The minimum Gasteiger partial charge on any atom is -0.337 e. The van der Waals surface area contributed by atoms with Crippen molar-refractivity contribution in [3.63, 3.8) is 0 Å². The molecule has 0 atom stereocenters. The van der Waals surface area contributed by atoms with Gasteiger partial charge in [-0.05, 0) is 25.0 Å². The number of fused-ring (bicyclic) bond motifs is 1. The molecule has 1 saturated heterocycles. The van der Waals surface area contributed by atoms with Crippen LogP contribution in [0.5, 0.6) is 0 Å². The number of hydrogen-bond acceptors (Lipinski definition) is 4. The van der Waals surface area contributed by atoms with Crippen LogP contribution in [0.3, 0.4) is 0 Å². The van der Waals surface area contributed by atoms with E-state index in [1.165, 1.54) is 24.5 Å². The summed E-state index contributed by atoms with van der Waals surface area (Å²) in [6.07, 6.45) is 7.98. The number of hydrogen-bond donors (Lipinski definition) is 0. The number of aromatic nitrogens is 4. The quantitative estimate of drug-likeness (QED) is 0.726. The molecule has 3 aromatic rings. The zero-order chi connectivity index (χ0) is 16.5. The van der Waals surface area contributed by atoms with Crippen molar-refractivity contribution < 1.29 is 9.18 Å². The van der Waals surface area contributed by atoms with E-state index in [2.05, 4.69) is 19.5 Å². The van der Waals surface area contributed by atoms with Gasteiger partial charge in [0.25, 0.3) is 5.91 Å². The van der Waals surface area contributed by atoms with Gasteiger partial charge in [0.2, 0.25) is 0 Å². The Morgan fingerprint density at radius 2 is 2.00 bits per heavy atom. The second kappa shape index (κ2) is 5.99. The van der Waals surface area contributed by atoms with E-state index < -0.39 is 0 Å². The third-order valence-electron chi connectivity index (χ3n) is 4.46. The molecular formula is C17H16FN5O. The highest BCUT2D eigenvalue weighted by atomic mass is 19.1. The van der Waals surface area contributed by atoms with Crippen LogP contribution in [0.4, 0.5) is 4.39 Å². The van der Waals surface area contributed by atoms with Crippen molar-refractivity contribution in [2.75, 3.05) is 13.1 Å². The summed E-state index contributed by atoms with van der Waals surface area (Å²) in [5, 5.41) is 0. The number of nitrogens with zero attached hydrogens (tertiary/aromatic N) is 5. The number of amides is 1. The van der Waals surface area contributed by atoms with E-state index in [1.54, 1.807) is 23.5 Å². The van der Waals surface area contributed by atoms with Crippen LogP contribution >= 0.6 is 0 Å². The Bertz CT molecular complexity index is 871. The fourth-order valence-electron chi connectivity index (χ4n) is 3.21. The summed E-state index contributed by atoms with van der Waals surface area (Å²) < 4.78 is 15.4. The van der Waals surface area contributed by atoms with Gasteiger partial charge in [-0.1, -0.05) is 0 Å². The third-order valence-corrected chi connectivity index (χ3v) is 4.46. The van der Waals surface area contributed by atoms with Crippen LogP contribution in [0.2, 0.25) is 0 Å². The summed E-state index contributed by atoms with van der Waals surface area (Å²) >= 11 is 0. The molecular weight excluding hydrogens is 309 g/mol. The summed E-state index contributed by atoms with van der Waals surface area (Å²) in [4.78, 5) is 26.5. The van der Waals surface area contributed by atoms with Crippen LogP contribution in [-0.4, -0.2) is 43.4 Å². The summed E-state index contributed by atoms with van der Waals surface area (Å²) in [5.41, 5.74) is 1.96. The molecule has 1 aliphatic heterocycles. The molecule has 4 rings (SSSR count). The van der Waals surface area contributed by atoms with E-state index in [-0.39, 0.29) is 17.8 Å². The number of halogens is 1. The molecule has 3 heterocycles. The Labute approximate surface area is 138 Å². The number of carbonyl (C=O) groups excluding carboxylic acids is 1. The van der Waals surface area contributed by atoms with Gasteiger partial charge in [-0.2, -0.15) is 0 Å². The molecule has 1 aromatic carbocycles. The van der Waals surface area contributed by atoms with Gasteiger partial charge < -0.3 is 9.47 Å². The topological polar surface area (TPSA) is 63.9 Å². The maximum atomic E-state index is 13.3. The Morgan fingerprint density at radius 3 is 2.75 bits per heavy atom. The van der Waals surface area contributed by atoms with Gasteiger partial charge in [0.15, 0.2) is 0 Å². The first-order chi connectivity index (χ1) is 11.7. The molecule has 0 aliphatic carbocycles. The van der Waals surface area contributed by atoms with E-state index in [4.69, 9.17) is 0 Å². The molecule has 1 fully saturated rings. The average Bonchev–Trinajstić information content (AvgIpc) is 3.05. The van der Waals surface area contributed by atoms with E-state index in [0.717, 1.165) is 18.4 Å². The molecule has 122 valence electrons. The molecule has 2 aromatic heterocycles. The normalized spacial score (nSPS) is 15.8. The van der Waals surface area contributed by atoms with Crippen LogP contribution < -0.4 is 0 Å². The Hall–Kier alpha value is -2.83. The number of piperidine rings is 1. The first-order valence-electron chi connectivity index (χ1n) is 7.90. The molecule has 0 unspecified atom stereocenters. The molecule has 1 aliphatic rings.